The Labute approximate surface area is 131 Å². The molecule has 1 aromatic carbocycles. The minimum Gasteiger partial charge on any atom is -0.478 e. The van der Waals surface area contributed by atoms with Crippen LogP contribution >= 0.6 is 0 Å². The molecule has 1 saturated carbocycles. The van der Waals surface area contributed by atoms with E-state index in [9.17, 15) is 9.59 Å². The molecule has 3 heteroatoms. The van der Waals surface area contributed by atoms with Crippen LogP contribution in [0.2, 0.25) is 0 Å². The van der Waals surface area contributed by atoms with Gasteiger partial charge in [0.2, 0.25) is 0 Å². The number of benzene rings is 1. The van der Waals surface area contributed by atoms with Crippen LogP contribution < -0.4 is 0 Å². The summed E-state index contributed by atoms with van der Waals surface area (Å²) in [5.41, 5.74) is 0.996. The summed E-state index contributed by atoms with van der Waals surface area (Å²) >= 11 is 0. The number of Topliss-reactive ketones (excluding diaryl/α,β-unsaturated/α-hetero) is 1. The topological polar surface area (TPSA) is 54.4 Å². The van der Waals surface area contributed by atoms with Gasteiger partial charge in [-0.15, -0.1) is 0 Å². The molecule has 1 unspecified atom stereocenters. The standard InChI is InChI=1S/C19H20O3/c1-19(2)13-5-8-17(20)16(19)7-4-3-6-14-9-11-15(12-10-14)18(21)22/h4,7,9-12,16H,5,8,13H2,1-2H3,(H,21,22). The fourth-order valence-corrected chi connectivity index (χ4v) is 2.80. The molecule has 0 aromatic heterocycles. The zero-order valence-electron chi connectivity index (χ0n) is 12.9. The summed E-state index contributed by atoms with van der Waals surface area (Å²) in [5, 5.41) is 8.83. The van der Waals surface area contributed by atoms with Crippen LogP contribution in [0.4, 0.5) is 0 Å². The van der Waals surface area contributed by atoms with E-state index in [2.05, 4.69) is 25.7 Å². The Morgan fingerprint density at radius 3 is 2.59 bits per heavy atom. The Kier molecular flexibility index (Phi) is 4.82. The molecule has 0 aliphatic heterocycles. The lowest BCUT2D eigenvalue weighted by Crippen LogP contribution is -2.33. The largest absolute Gasteiger partial charge is 0.478 e. The molecule has 0 bridgehead atoms. The summed E-state index contributed by atoms with van der Waals surface area (Å²) in [7, 11) is 0. The van der Waals surface area contributed by atoms with E-state index in [0.717, 1.165) is 18.4 Å². The van der Waals surface area contributed by atoms with Crippen molar-refractivity contribution in [3.8, 4) is 11.8 Å². The van der Waals surface area contributed by atoms with Crippen molar-refractivity contribution in [3.05, 3.63) is 47.5 Å². The number of carbonyl (C=O) groups excluding carboxylic acids is 1. The maximum absolute atomic E-state index is 12.0. The molecule has 1 aromatic rings. The number of allylic oxidation sites excluding steroid dienone is 2. The molecule has 1 N–H and O–H groups in total. The Morgan fingerprint density at radius 2 is 2.00 bits per heavy atom. The van der Waals surface area contributed by atoms with Crippen LogP contribution in [-0.2, 0) is 4.79 Å². The number of carbonyl (C=O) groups is 2. The van der Waals surface area contributed by atoms with Crippen LogP contribution in [0, 0.1) is 23.2 Å². The van der Waals surface area contributed by atoms with Gasteiger partial charge in [-0.1, -0.05) is 31.8 Å². The van der Waals surface area contributed by atoms with E-state index in [1.54, 1.807) is 18.2 Å². The minimum absolute atomic E-state index is 0.00332. The lowest BCUT2D eigenvalue weighted by atomic mass is 9.68. The highest BCUT2D eigenvalue weighted by molar-refractivity contribution is 5.87. The van der Waals surface area contributed by atoms with Gasteiger partial charge < -0.3 is 5.11 Å². The van der Waals surface area contributed by atoms with Crippen LogP contribution in [0.25, 0.3) is 0 Å². The van der Waals surface area contributed by atoms with E-state index < -0.39 is 5.97 Å². The fourth-order valence-electron chi connectivity index (χ4n) is 2.80. The van der Waals surface area contributed by atoms with Gasteiger partial charge in [0.15, 0.2) is 0 Å². The summed E-state index contributed by atoms with van der Waals surface area (Å²) in [4.78, 5) is 22.8. The second-order valence-corrected chi connectivity index (χ2v) is 6.30. The highest BCUT2D eigenvalue weighted by Gasteiger charge is 2.35. The van der Waals surface area contributed by atoms with E-state index in [1.165, 1.54) is 12.1 Å². The monoisotopic (exact) mass is 296 g/mol. The van der Waals surface area contributed by atoms with Gasteiger partial charge in [-0.05, 0) is 48.6 Å². The van der Waals surface area contributed by atoms with Crippen LogP contribution in [0.15, 0.2) is 36.4 Å². The number of aromatic carboxylic acids is 1. The van der Waals surface area contributed by atoms with Crippen LogP contribution in [-0.4, -0.2) is 16.9 Å². The van der Waals surface area contributed by atoms with Crippen LogP contribution in [0.3, 0.4) is 0 Å². The van der Waals surface area contributed by atoms with Crippen molar-refractivity contribution in [2.24, 2.45) is 11.3 Å². The second-order valence-electron chi connectivity index (χ2n) is 6.30. The molecule has 1 atom stereocenters. The van der Waals surface area contributed by atoms with Gasteiger partial charge in [-0.3, -0.25) is 4.79 Å². The molecule has 0 heterocycles. The van der Waals surface area contributed by atoms with E-state index in [0.29, 0.717) is 12.2 Å². The summed E-state index contributed by atoms with van der Waals surface area (Å²) in [5.74, 6) is 5.16. The van der Waals surface area contributed by atoms with Gasteiger partial charge in [0.25, 0.3) is 0 Å². The third kappa shape index (κ3) is 3.85. The molecule has 0 amide bonds. The Morgan fingerprint density at radius 1 is 1.32 bits per heavy atom. The Hall–Kier alpha value is -2.34. The molecule has 3 nitrogen and oxygen atoms in total. The smallest absolute Gasteiger partial charge is 0.335 e. The molecule has 1 fully saturated rings. The summed E-state index contributed by atoms with van der Waals surface area (Å²) in [6.45, 7) is 4.24. The highest BCUT2D eigenvalue weighted by atomic mass is 16.4. The average molecular weight is 296 g/mol. The summed E-state index contributed by atoms with van der Waals surface area (Å²) < 4.78 is 0. The number of carboxylic acids is 1. The third-order valence-electron chi connectivity index (χ3n) is 4.15. The van der Waals surface area contributed by atoms with E-state index in [4.69, 9.17) is 5.11 Å². The maximum atomic E-state index is 12.0. The van der Waals surface area contributed by atoms with Gasteiger partial charge in [0, 0.05) is 17.9 Å². The molecule has 0 spiro atoms. The first kappa shape index (κ1) is 16.0. The molecule has 2 rings (SSSR count). The molecule has 1 aliphatic carbocycles. The van der Waals surface area contributed by atoms with Crippen molar-refractivity contribution >= 4 is 11.8 Å². The molecule has 114 valence electrons. The lowest BCUT2D eigenvalue weighted by Gasteiger charge is -2.35. The number of ketones is 1. The van der Waals surface area contributed by atoms with E-state index in [1.807, 2.05) is 6.08 Å². The zero-order valence-corrected chi connectivity index (χ0v) is 12.9. The first-order valence-electron chi connectivity index (χ1n) is 7.44. The minimum atomic E-state index is -0.947. The average Bonchev–Trinajstić information content (AvgIpc) is 2.46. The number of carboxylic acid groups (broad SMARTS) is 1. The molecule has 22 heavy (non-hydrogen) atoms. The van der Waals surface area contributed by atoms with Crippen molar-refractivity contribution in [1.29, 1.82) is 0 Å². The Bertz CT molecular complexity index is 654. The second kappa shape index (κ2) is 6.62. The SMILES string of the molecule is CC1(C)CCCC(=O)C1C=CC#Cc1ccc(C(=O)O)cc1. The number of hydrogen-bond acceptors (Lipinski definition) is 2. The van der Waals surface area contributed by atoms with Crippen molar-refractivity contribution < 1.29 is 14.7 Å². The number of rotatable bonds is 2. The van der Waals surface area contributed by atoms with Gasteiger partial charge in [0.1, 0.15) is 5.78 Å². The van der Waals surface area contributed by atoms with Gasteiger partial charge in [-0.2, -0.15) is 0 Å². The third-order valence-corrected chi connectivity index (χ3v) is 4.15. The number of hydrogen-bond donors (Lipinski definition) is 1. The first-order chi connectivity index (χ1) is 10.4. The molecular weight excluding hydrogens is 276 g/mol. The predicted molar refractivity (Wildman–Crippen MR) is 85.5 cm³/mol. The predicted octanol–water partition coefficient (Wildman–Crippen LogP) is 3.69. The molecule has 1 aliphatic rings. The zero-order chi connectivity index (χ0) is 16.2. The highest BCUT2D eigenvalue weighted by Crippen LogP contribution is 2.39. The van der Waals surface area contributed by atoms with Crippen molar-refractivity contribution in [1.82, 2.24) is 0 Å². The van der Waals surface area contributed by atoms with Crippen LogP contribution in [0.5, 0.6) is 0 Å². The molecular formula is C19H20O3. The first-order valence-corrected chi connectivity index (χ1v) is 7.44. The van der Waals surface area contributed by atoms with E-state index in [-0.39, 0.29) is 16.9 Å². The molecule has 0 radical (unpaired) electrons. The van der Waals surface area contributed by atoms with Crippen molar-refractivity contribution in [3.63, 3.8) is 0 Å². The fraction of sp³-hybridized carbons (Fsp3) is 0.368. The summed E-state index contributed by atoms with van der Waals surface area (Å²) in [6, 6.07) is 6.42. The van der Waals surface area contributed by atoms with E-state index >= 15 is 0 Å². The quantitative estimate of drug-likeness (QED) is 0.847. The van der Waals surface area contributed by atoms with Gasteiger partial charge in [-0.25, -0.2) is 4.79 Å². The maximum Gasteiger partial charge on any atom is 0.335 e. The van der Waals surface area contributed by atoms with Crippen LogP contribution in [0.1, 0.15) is 49.0 Å². The van der Waals surface area contributed by atoms with Crippen molar-refractivity contribution in [2.75, 3.05) is 0 Å². The summed E-state index contributed by atoms with van der Waals surface area (Å²) in [6.07, 6.45) is 6.32. The Balaban J connectivity index is 2.06. The van der Waals surface area contributed by atoms with Gasteiger partial charge in [0.05, 0.1) is 5.56 Å². The van der Waals surface area contributed by atoms with Crippen molar-refractivity contribution in [2.45, 2.75) is 33.1 Å². The normalized spacial score (nSPS) is 20.5. The van der Waals surface area contributed by atoms with Gasteiger partial charge >= 0.3 is 5.97 Å². The lowest BCUT2D eigenvalue weighted by molar-refractivity contribution is -0.127. The molecule has 0 saturated heterocycles.